The zero-order valence-corrected chi connectivity index (χ0v) is 12.3. The molecule has 0 bridgehead atoms. The van der Waals surface area contributed by atoms with Gasteiger partial charge in [0.1, 0.15) is 0 Å². The maximum atomic E-state index is 5.93. The Morgan fingerprint density at radius 3 is 2.39 bits per heavy atom. The van der Waals surface area contributed by atoms with Gasteiger partial charge in [-0.1, -0.05) is 37.6 Å². The van der Waals surface area contributed by atoms with E-state index in [1.807, 2.05) is 12.1 Å². The maximum absolute atomic E-state index is 5.93. The van der Waals surface area contributed by atoms with Crippen molar-refractivity contribution < 1.29 is 4.74 Å². The molecule has 0 spiro atoms. The summed E-state index contributed by atoms with van der Waals surface area (Å²) in [5.41, 5.74) is 1.33. The van der Waals surface area contributed by atoms with Crippen molar-refractivity contribution in [2.24, 2.45) is 5.92 Å². The molecule has 18 heavy (non-hydrogen) atoms. The highest BCUT2D eigenvalue weighted by Gasteiger charge is 2.11. The highest BCUT2D eigenvalue weighted by atomic mass is 35.5. The predicted molar refractivity (Wildman–Crippen MR) is 78.4 cm³/mol. The number of rotatable bonds is 8. The molecule has 1 rings (SSSR count). The minimum atomic E-state index is 0.487. The molecule has 102 valence electrons. The SMILES string of the molecule is COCCC(CNCC(C)C)c1ccc(Cl)cc1. The Bertz CT molecular complexity index is 324. The van der Waals surface area contributed by atoms with Crippen molar-refractivity contribution in [3.8, 4) is 0 Å². The van der Waals surface area contributed by atoms with E-state index in [1.165, 1.54) is 5.56 Å². The van der Waals surface area contributed by atoms with Gasteiger partial charge in [-0.3, -0.25) is 0 Å². The molecule has 0 aliphatic heterocycles. The van der Waals surface area contributed by atoms with Crippen molar-refractivity contribution in [1.82, 2.24) is 5.32 Å². The van der Waals surface area contributed by atoms with E-state index in [1.54, 1.807) is 7.11 Å². The third-order valence-corrected chi connectivity index (χ3v) is 3.21. The van der Waals surface area contributed by atoms with Crippen LogP contribution in [0.4, 0.5) is 0 Å². The minimum absolute atomic E-state index is 0.487. The second kappa shape index (κ2) is 8.52. The first-order chi connectivity index (χ1) is 8.63. The third-order valence-electron chi connectivity index (χ3n) is 2.96. The Balaban J connectivity index is 2.56. The van der Waals surface area contributed by atoms with Crippen LogP contribution >= 0.6 is 11.6 Å². The lowest BCUT2D eigenvalue weighted by Crippen LogP contribution is -2.26. The molecule has 0 fully saturated rings. The second-order valence-electron chi connectivity index (χ2n) is 5.08. The molecule has 0 saturated carbocycles. The summed E-state index contributed by atoms with van der Waals surface area (Å²) in [6, 6.07) is 8.14. The van der Waals surface area contributed by atoms with Gasteiger partial charge in [-0.15, -0.1) is 0 Å². The molecule has 1 aromatic carbocycles. The molecule has 1 N–H and O–H groups in total. The Labute approximate surface area is 116 Å². The van der Waals surface area contributed by atoms with Crippen LogP contribution in [-0.2, 0) is 4.74 Å². The van der Waals surface area contributed by atoms with Crippen LogP contribution < -0.4 is 5.32 Å². The van der Waals surface area contributed by atoms with Crippen LogP contribution in [0.1, 0.15) is 31.7 Å². The van der Waals surface area contributed by atoms with Gasteiger partial charge in [0, 0.05) is 25.3 Å². The molecule has 0 saturated heterocycles. The molecular weight excluding hydrogens is 246 g/mol. The monoisotopic (exact) mass is 269 g/mol. The van der Waals surface area contributed by atoms with Gasteiger partial charge in [0.25, 0.3) is 0 Å². The van der Waals surface area contributed by atoms with Crippen molar-refractivity contribution in [2.75, 3.05) is 26.8 Å². The van der Waals surface area contributed by atoms with Crippen LogP contribution in [0.2, 0.25) is 5.02 Å². The molecule has 2 nitrogen and oxygen atoms in total. The number of methoxy groups -OCH3 is 1. The fraction of sp³-hybridized carbons (Fsp3) is 0.600. The van der Waals surface area contributed by atoms with Gasteiger partial charge in [0.05, 0.1) is 0 Å². The smallest absolute Gasteiger partial charge is 0.0468 e. The van der Waals surface area contributed by atoms with Crippen LogP contribution in [0.5, 0.6) is 0 Å². The van der Waals surface area contributed by atoms with Crippen molar-refractivity contribution in [3.05, 3.63) is 34.9 Å². The summed E-state index contributed by atoms with van der Waals surface area (Å²) >= 11 is 5.93. The molecule has 0 aromatic heterocycles. The Morgan fingerprint density at radius 2 is 1.83 bits per heavy atom. The lowest BCUT2D eigenvalue weighted by molar-refractivity contribution is 0.187. The summed E-state index contributed by atoms with van der Waals surface area (Å²) in [5, 5.41) is 4.31. The van der Waals surface area contributed by atoms with Crippen LogP contribution in [0.25, 0.3) is 0 Å². The molecule has 3 heteroatoms. The number of nitrogens with one attached hydrogen (secondary N) is 1. The van der Waals surface area contributed by atoms with Crippen LogP contribution in [0, 0.1) is 5.92 Å². The number of benzene rings is 1. The first-order valence-electron chi connectivity index (χ1n) is 6.58. The maximum Gasteiger partial charge on any atom is 0.0468 e. The highest BCUT2D eigenvalue weighted by Crippen LogP contribution is 2.21. The van der Waals surface area contributed by atoms with E-state index in [9.17, 15) is 0 Å². The molecule has 0 heterocycles. The molecule has 1 unspecified atom stereocenters. The van der Waals surface area contributed by atoms with E-state index in [-0.39, 0.29) is 0 Å². The van der Waals surface area contributed by atoms with E-state index in [2.05, 4.69) is 31.3 Å². The van der Waals surface area contributed by atoms with E-state index in [0.29, 0.717) is 11.8 Å². The van der Waals surface area contributed by atoms with Gasteiger partial charge >= 0.3 is 0 Å². The van der Waals surface area contributed by atoms with Gasteiger partial charge < -0.3 is 10.1 Å². The zero-order valence-electron chi connectivity index (χ0n) is 11.6. The summed E-state index contributed by atoms with van der Waals surface area (Å²) in [6.45, 7) is 7.27. The first kappa shape index (κ1) is 15.5. The van der Waals surface area contributed by atoms with E-state index >= 15 is 0 Å². The van der Waals surface area contributed by atoms with Crippen LogP contribution in [-0.4, -0.2) is 26.8 Å². The summed E-state index contributed by atoms with van der Waals surface area (Å²) < 4.78 is 5.19. The summed E-state index contributed by atoms with van der Waals surface area (Å²) in [4.78, 5) is 0. The Hall–Kier alpha value is -0.570. The highest BCUT2D eigenvalue weighted by molar-refractivity contribution is 6.30. The fourth-order valence-corrected chi connectivity index (χ4v) is 2.05. The van der Waals surface area contributed by atoms with Crippen LogP contribution in [0.15, 0.2) is 24.3 Å². The van der Waals surface area contributed by atoms with Gasteiger partial charge in [-0.2, -0.15) is 0 Å². The largest absolute Gasteiger partial charge is 0.385 e. The average molecular weight is 270 g/mol. The predicted octanol–water partition coefficient (Wildman–Crippen LogP) is 3.71. The van der Waals surface area contributed by atoms with Crippen molar-refractivity contribution in [2.45, 2.75) is 26.2 Å². The van der Waals surface area contributed by atoms with Gasteiger partial charge in [0.15, 0.2) is 0 Å². The number of ether oxygens (including phenoxy) is 1. The summed E-state index contributed by atoms with van der Waals surface area (Å²) in [7, 11) is 1.75. The normalized spacial score (nSPS) is 12.9. The topological polar surface area (TPSA) is 21.3 Å². The lowest BCUT2D eigenvalue weighted by Gasteiger charge is -2.18. The van der Waals surface area contributed by atoms with E-state index < -0.39 is 0 Å². The van der Waals surface area contributed by atoms with E-state index in [0.717, 1.165) is 31.1 Å². The van der Waals surface area contributed by atoms with Crippen LogP contribution in [0.3, 0.4) is 0 Å². The zero-order chi connectivity index (χ0) is 13.4. The molecular formula is C15H24ClNO. The fourth-order valence-electron chi connectivity index (χ4n) is 1.93. The molecule has 0 radical (unpaired) electrons. The minimum Gasteiger partial charge on any atom is -0.385 e. The summed E-state index contributed by atoms with van der Waals surface area (Å²) in [6.07, 6.45) is 1.03. The van der Waals surface area contributed by atoms with E-state index in [4.69, 9.17) is 16.3 Å². The molecule has 0 aliphatic carbocycles. The number of hydrogen-bond donors (Lipinski definition) is 1. The lowest BCUT2D eigenvalue weighted by atomic mass is 9.96. The average Bonchev–Trinajstić information content (AvgIpc) is 2.34. The Kier molecular flexibility index (Phi) is 7.33. The van der Waals surface area contributed by atoms with Crippen molar-refractivity contribution >= 4 is 11.6 Å². The standard InChI is InChI=1S/C15H24ClNO/c1-12(2)10-17-11-14(8-9-18-3)13-4-6-15(16)7-5-13/h4-7,12,14,17H,8-11H2,1-3H3. The number of hydrogen-bond acceptors (Lipinski definition) is 2. The molecule has 0 amide bonds. The van der Waals surface area contributed by atoms with Gasteiger partial charge in [-0.25, -0.2) is 0 Å². The van der Waals surface area contributed by atoms with Gasteiger partial charge in [-0.05, 0) is 42.5 Å². The summed E-state index contributed by atoms with van der Waals surface area (Å²) in [5.74, 6) is 1.17. The van der Waals surface area contributed by atoms with Crippen molar-refractivity contribution in [3.63, 3.8) is 0 Å². The third kappa shape index (κ3) is 5.85. The molecule has 0 aliphatic rings. The quantitative estimate of drug-likeness (QED) is 0.777. The number of halogens is 1. The second-order valence-corrected chi connectivity index (χ2v) is 5.52. The molecule has 1 atom stereocenters. The first-order valence-corrected chi connectivity index (χ1v) is 6.96. The van der Waals surface area contributed by atoms with Crippen molar-refractivity contribution in [1.29, 1.82) is 0 Å². The Morgan fingerprint density at radius 1 is 1.17 bits per heavy atom. The van der Waals surface area contributed by atoms with Gasteiger partial charge in [0.2, 0.25) is 0 Å². The molecule has 1 aromatic rings.